The zero-order valence-electron chi connectivity index (χ0n) is 16.4. The van der Waals surface area contributed by atoms with E-state index < -0.39 is 0 Å². The monoisotopic (exact) mass is 386 g/mol. The largest absolute Gasteiger partial charge is 0.493 e. The summed E-state index contributed by atoms with van der Waals surface area (Å²) in [7, 11) is 5.01. The van der Waals surface area contributed by atoms with Gasteiger partial charge in [0.15, 0.2) is 11.5 Å². The Labute approximate surface area is 162 Å². The molecule has 5 heteroatoms. The predicted octanol–water partition coefficient (Wildman–Crippen LogP) is 6.56. The number of ether oxygens (including phenoxy) is 3. The van der Waals surface area contributed by atoms with Gasteiger partial charge in [0.1, 0.15) is 0 Å². The lowest BCUT2D eigenvalue weighted by Gasteiger charge is -2.20. The zero-order valence-corrected chi connectivity index (χ0v) is 18.1. The Morgan fingerprint density at radius 1 is 0.760 bits per heavy atom. The normalized spacial score (nSPS) is 11.0. The van der Waals surface area contributed by atoms with Gasteiger partial charge in [-0.2, -0.15) is 0 Å². The van der Waals surface area contributed by atoms with Gasteiger partial charge in [-0.1, -0.05) is 39.5 Å². The van der Waals surface area contributed by atoms with E-state index in [1.165, 1.54) is 55.6 Å². The van der Waals surface area contributed by atoms with Crippen LogP contribution < -0.4 is 14.2 Å². The molecule has 1 aromatic rings. The third kappa shape index (κ3) is 7.61. The Kier molecular flexibility index (Phi) is 12.1. The van der Waals surface area contributed by atoms with Crippen LogP contribution >= 0.6 is 23.5 Å². The highest BCUT2D eigenvalue weighted by Crippen LogP contribution is 2.46. The fourth-order valence-electron chi connectivity index (χ4n) is 2.56. The molecule has 0 fully saturated rings. The highest BCUT2D eigenvalue weighted by atomic mass is 32.2. The molecule has 0 aliphatic heterocycles. The topological polar surface area (TPSA) is 27.7 Å². The van der Waals surface area contributed by atoms with Crippen LogP contribution in [0.1, 0.15) is 62.5 Å². The number of rotatable bonds is 14. The number of thioether (sulfide) groups is 2. The summed E-state index contributed by atoms with van der Waals surface area (Å²) in [5.74, 6) is 4.53. The van der Waals surface area contributed by atoms with Crippen LogP contribution in [0.2, 0.25) is 0 Å². The molecule has 0 saturated heterocycles. The van der Waals surface area contributed by atoms with E-state index in [0.717, 1.165) is 11.5 Å². The molecule has 0 saturated carbocycles. The number of unbranched alkanes of at least 4 members (excludes halogenated alkanes) is 4. The second kappa shape index (κ2) is 13.5. The van der Waals surface area contributed by atoms with Crippen LogP contribution in [0.4, 0.5) is 0 Å². The van der Waals surface area contributed by atoms with Crippen LogP contribution in [-0.4, -0.2) is 32.8 Å². The lowest BCUT2D eigenvalue weighted by Crippen LogP contribution is -1.99. The minimum Gasteiger partial charge on any atom is -0.493 e. The molecule has 1 aromatic carbocycles. The molecule has 0 aromatic heterocycles. The Hall–Kier alpha value is -0.680. The van der Waals surface area contributed by atoms with Crippen LogP contribution in [0.15, 0.2) is 12.1 Å². The predicted molar refractivity (Wildman–Crippen MR) is 113 cm³/mol. The Balaban J connectivity index is 2.93. The first-order chi connectivity index (χ1) is 12.2. The molecule has 144 valence electrons. The summed E-state index contributed by atoms with van der Waals surface area (Å²) in [6, 6.07) is 4.21. The molecule has 0 aliphatic rings. The van der Waals surface area contributed by atoms with Gasteiger partial charge >= 0.3 is 0 Å². The van der Waals surface area contributed by atoms with Gasteiger partial charge in [0.05, 0.1) is 25.9 Å². The van der Waals surface area contributed by atoms with Gasteiger partial charge in [-0.25, -0.2) is 0 Å². The third-order valence-corrected chi connectivity index (χ3v) is 7.01. The van der Waals surface area contributed by atoms with Crippen LogP contribution in [0.25, 0.3) is 0 Å². The molecule has 0 amide bonds. The van der Waals surface area contributed by atoms with Gasteiger partial charge in [0.2, 0.25) is 5.75 Å². The molecule has 0 spiro atoms. The maximum absolute atomic E-state index is 5.53. The first kappa shape index (κ1) is 22.4. The van der Waals surface area contributed by atoms with Crippen molar-refractivity contribution in [2.24, 2.45) is 0 Å². The maximum atomic E-state index is 5.53. The van der Waals surface area contributed by atoms with Crippen molar-refractivity contribution in [2.75, 3.05) is 32.8 Å². The standard InChI is InChI=1S/C20H34O3S2/c1-6-8-10-12-24-20(25-13-11-9-7-2)16-14-17(21-3)19(23-5)18(15-16)22-4/h14-15,20H,6-13H2,1-5H3. The van der Waals surface area contributed by atoms with Gasteiger partial charge in [-0.15, -0.1) is 23.5 Å². The smallest absolute Gasteiger partial charge is 0.203 e. The summed E-state index contributed by atoms with van der Waals surface area (Å²) >= 11 is 4.07. The molecular weight excluding hydrogens is 352 g/mol. The van der Waals surface area contributed by atoms with Crippen LogP contribution in [0.3, 0.4) is 0 Å². The van der Waals surface area contributed by atoms with E-state index in [2.05, 4.69) is 26.0 Å². The van der Waals surface area contributed by atoms with Crippen LogP contribution in [0, 0.1) is 0 Å². The highest BCUT2D eigenvalue weighted by Gasteiger charge is 2.19. The molecule has 0 unspecified atom stereocenters. The molecule has 0 heterocycles. The van der Waals surface area contributed by atoms with Gasteiger partial charge in [0.25, 0.3) is 0 Å². The Morgan fingerprint density at radius 2 is 1.24 bits per heavy atom. The fourth-order valence-corrected chi connectivity index (χ4v) is 5.35. The summed E-state index contributed by atoms with van der Waals surface area (Å²) in [4.78, 5) is 0. The average Bonchev–Trinajstić information content (AvgIpc) is 2.65. The minimum atomic E-state index is 0.405. The Bertz CT molecular complexity index is 443. The van der Waals surface area contributed by atoms with Gasteiger partial charge in [-0.05, 0) is 42.0 Å². The summed E-state index contributed by atoms with van der Waals surface area (Å²) in [6.45, 7) is 4.50. The lowest BCUT2D eigenvalue weighted by atomic mass is 10.2. The first-order valence-electron chi connectivity index (χ1n) is 9.24. The zero-order chi connectivity index (χ0) is 18.5. The summed E-state index contributed by atoms with van der Waals surface area (Å²) in [5.41, 5.74) is 1.25. The summed E-state index contributed by atoms with van der Waals surface area (Å²) in [6.07, 6.45) is 7.68. The minimum absolute atomic E-state index is 0.405. The molecule has 0 bridgehead atoms. The van der Waals surface area contributed by atoms with Crippen molar-refractivity contribution in [1.29, 1.82) is 0 Å². The van der Waals surface area contributed by atoms with Crippen LogP contribution in [-0.2, 0) is 0 Å². The van der Waals surface area contributed by atoms with Crippen molar-refractivity contribution >= 4 is 23.5 Å². The molecule has 3 nitrogen and oxygen atoms in total. The van der Waals surface area contributed by atoms with E-state index >= 15 is 0 Å². The quantitative estimate of drug-likeness (QED) is 0.267. The van der Waals surface area contributed by atoms with Gasteiger partial charge < -0.3 is 14.2 Å². The summed E-state index contributed by atoms with van der Waals surface area (Å²) in [5, 5.41) is 0. The van der Waals surface area contributed by atoms with Crippen molar-refractivity contribution in [1.82, 2.24) is 0 Å². The molecule has 0 atom stereocenters. The number of hydrogen-bond donors (Lipinski definition) is 0. The maximum Gasteiger partial charge on any atom is 0.203 e. The van der Waals surface area contributed by atoms with E-state index in [9.17, 15) is 0 Å². The van der Waals surface area contributed by atoms with Crippen LogP contribution in [0.5, 0.6) is 17.2 Å². The lowest BCUT2D eigenvalue weighted by molar-refractivity contribution is 0.324. The van der Waals surface area contributed by atoms with Crippen molar-refractivity contribution < 1.29 is 14.2 Å². The van der Waals surface area contributed by atoms with E-state index in [-0.39, 0.29) is 0 Å². The highest BCUT2D eigenvalue weighted by molar-refractivity contribution is 8.16. The van der Waals surface area contributed by atoms with Crippen molar-refractivity contribution in [3.8, 4) is 17.2 Å². The Morgan fingerprint density at radius 3 is 1.60 bits per heavy atom. The van der Waals surface area contributed by atoms with Crippen molar-refractivity contribution in [3.63, 3.8) is 0 Å². The fraction of sp³-hybridized carbons (Fsp3) is 0.700. The second-order valence-corrected chi connectivity index (χ2v) is 8.67. The van der Waals surface area contributed by atoms with Gasteiger partial charge in [0, 0.05) is 0 Å². The van der Waals surface area contributed by atoms with E-state index in [1.807, 2.05) is 23.5 Å². The molecule has 0 N–H and O–H groups in total. The number of methoxy groups -OCH3 is 3. The van der Waals surface area contributed by atoms with Crippen molar-refractivity contribution in [2.45, 2.75) is 57.0 Å². The van der Waals surface area contributed by atoms with E-state index in [0.29, 0.717) is 10.3 Å². The van der Waals surface area contributed by atoms with Crippen molar-refractivity contribution in [3.05, 3.63) is 17.7 Å². The molecule has 0 radical (unpaired) electrons. The van der Waals surface area contributed by atoms with Gasteiger partial charge in [-0.3, -0.25) is 0 Å². The number of benzene rings is 1. The molecule has 1 rings (SSSR count). The number of hydrogen-bond acceptors (Lipinski definition) is 5. The molecular formula is C20H34O3S2. The summed E-state index contributed by atoms with van der Waals surface area (Å²) < 4.78 is 16.9. The molecule has 0 aliphatic carbocycles. The molecule has 25 heavy (non-hydrogen) atoms. The second-order valence-electron chi connectivity index (χ2n) is 5.95. The first-order valence-corrected chi connectivity index (χ1v) is 11.3. The average molecular weight is 387 g/mol. The third-order valence-electron chi connectivity index (χ3n) is 3.99. The van der Waals surface area contributed by atoms with E-state index in [1.54, 1.807) is 21.3 Å². The van der Waals surface area contributed by atoms with E-state index in [4.69, 9.17) is 14.2 Å². The SMILES string of the molecule is CCCCCSC(SCCCCC)c1cc(OC)c(OC)c(OC)c1.